The highest BCUT2D eigenvalue weighted by molar-refractivity contribution is 7.99. The van der Waals surface area contributed by atoms with Crippen molar-refractivity contribution in [3.8, 4) is 0 Å². The van der Waals surface area contributed by atoms with Gasteiger partial charge >= 0.3 is 6.09 Å². The predicted molar refractivity (Wildman–Crippen MR) is 91.4 cm³/mol. The van der Waals surface area contributed by atoms with E-state index >= 15 is 0 Å². The number of halogens is 1. The van der Waals surface area contributed by atoms with E-state index in [-0.39, 0.29) is 11.3 Å². The Morgan fingerprint density at radius 1 is 1.52 bits per heavy atom. The minimum Gasteiger partial charge on any atom is -0.444 e. The Morgan fingerprint density at radius 3 is 2.80 bits per heavy atom. The number of alkyl carbamates (subject to hydrolysis) is 1. The van der Waals surface area contributed by atoms with E-state index in [1.54, 1.807) is 20.8 Å². The van der Waals surface area contributed by atoms with E-state index in [2.05, 4.69) is 15.8 Å². The summed E-state index contributed by atoms with van der Waals surface area (Å²) in [5.41, 5.74) is 4.90. The number of rotatable bonds is 2. The Hall–Kier alpha value is -2.49. The Balaban J connectivity index is 2.19. The summed E-state index contributed by atoms with van der Waals surface area (Å²) in [7, 11) is 0. The molecule has 1 aromatic rings. The van der Waals surface area contributed by atoms with E-state index in [9.17, 15) is 14.0 Å². The molecule has 10 heteroatoms. The van der Waals surface area contributed by atoms with Crippen LogP contribution in [-0.4, -0.2) is 40.4 Å². The SMILES string of the molecule is CC(C)(C)OC(=O)N[C@H]1CSc2cc(F)c(/C(N)=N/O)cc2NC1=O. The third kappa shape index (κ3) is 4.75. The molecule has 0 aliphatic carbocycles. The van der Waals surface area contributed by atoms with Gasteiger partial charge in [-0.05, 0) is 32.9 Å². The number of carbonyl (C=O) groups excluding carboxylic acids is 2. The highest BCUT2D eigenvalue weighted by Gasteiger charge is 2.28. The number of nitrogens with two attached hydrogens (primary N) is 1. The summed E-state index contributed by atoms with van der Waals surface area (Å²) < 4.78 is 19.2. The average molecular weight is 370 g/mol. The van der Waals surface area contributed by atoms with Gasteiger partial charge in [-0.25, -0.2) is 9.18 Å². The van der Waals surface area contributed by atoms with Crippen molar-refractivity contribution in [3.05, 3.63) is 23.5 Å². The number of oxime groups is 1. The lowest BCUT2D eigenvalue weighted by Gasteiger charge is -2.22. The van der Waals surface area contributed by atoms with Crippen LogP contribution in [0.5, 0.6) is 0 Å². The number of hydrogen-bond acceptors (Lipinski definition) is 6. The number of fused-ring (bicyclic) bond motifs is 1. The van der Waals surface area contributed by atoms with Gasteiger partial charge in [0.15, 0.2) is 5.84 Å². The summed E-state index contributed by atoms with van der Waals surface area (Å²) in [6.45, 7) is 5.13. The van der Waals surface area contributed by atoms with Crippen molar-refractivity contribution in [1.82, 2.24) is 5.32 Å². The van der Waals surface area contributed by atoms with Crippen molar-refractivity contribution in [3.63, 3.8) is 0 Å². The molecule has 1 heterocycles. The molecule has 0 radical (unpaired) electrons. The van der Waals surface area contributed by atoms with Gasteiger partial charge in [0.2, 0.25) is 5.91 Å². The number of carbonyl (C=O) groups is 2. The van der Waals surface area contributed by atoms with Crippen LogP contribution >= 0.6 is 11.8 Å². The molecule has 0 fully saturated rings. The first-order valence-electron chi connectivity index (χ1n) is 7.35. The highest BCUT2D eigenvalue weighted by Crippen LogP contribution is 2.33. The van der Waals surface area contributed by atoms with E-state index in [1.165, 1.54) is 23.9 Å². The predicted octanol–water partition coefficient (Wildman–Crippen LogP) is 1.86. The van der Waals surface area contributed by atoms with Crippen LogP contribution in [0.25, 0.3) is 0 Å². The summed E-state index contributed by atoms with van der Waals surface area (Å²) in [5, 5.41) is 16.5. The van der Waals surface area contributed by atoms with Crippen molar-refractivity contribution in [2.45, 2.75) is 37.3 Å². The van der Waals surface area contributed by atoms with Crippen LogP contribution in [0.1, 0.15) is 26.3 Å². The smallest absolute Gasteiger partial charge is 0.408 e. The number of hydrogen-bond donors (Lipinski definition) is 4. The molecule has 2 rings (SSSR count). The van der Waals surface area contributed by atoms with Gasteiger partial charge < -0.3 is 26.3 Å². The molecule has 0 saturated carbocycles. The lowest BCUT2D eigenvalue weighted by Crippen LogP contribution is -2.46. The second-order valence-electron chi connectivity index (χ2n) is 6.31. The third-order valence-electron chi connectivity index (χ3n) is 3.12. The number of amides is 2. The molecule has 0 saturated heterocycles. The van der Waals surface area contributed by atoms with E-state index < -0.39 is 35.3 Å². The summed E-state index contributed by atoms with van der Waals surface area (Å²) in [5.74, 6) is -1.38. The molecule has 8 nitrogen and oxygen atoms in total. The minimum atomic E-state index is -0.859. The third-order valence-corrected chi connectivity index (χ3v) is 4.27. The van der Waals surface area contributed by atoms with Gasteiger partial charge in [-0.15, -0.1) is 11.8 Å². The van der Waals surface area contributed by atoms with Gasteiger partial charge in [0.1, 0.15) is 17.5 Å². The number of anilines is 1. The summed E-state index contributed by atoms with van der Waals surface area (Å²) in [6, 6.07) is 1.60. The number of thioether (sulfide) groups is 1. The zero-order valence-corrected chi connectivity index (χ0v) is 14.7. The molecule has 1 aromatic carbocycles. The fourth-order valence-corrected chi connectivity index (χ4v) is 3.08. The Labute approximate surface area is 148 Å². The molecule has 25 heavy (non-hydrogen) atoms. The van der Waals surface area contributed by atoms with Gasteiger partial charge in [-0.1, -0.05) is 5.16 Å². The minimum absolute atomic E-state index is 0.138. The van der Waals surface area contributed by atoms with Gasteiger partial charge in [0.25, 0.3) is 0 Å². The molecular weight excluding hydrogens is 351 g/mol. The number of amidine groups is 1. The first-order valence-corrected chi connectivity index (χ1v) is 8.34. The van der Waals surface area contributed by atoms with Crippen LogP contribution in [0.15, 0.2) is 22.2 Å². The molecule has 2 amide bonds. The maximum atomic E-state index is 14.1. The topological polar surface area (TPSA) is 126 Å². The molecule has 0 unspecified atom stereocenters. The Kier molecular flexibility index (Phi) is 5.41. The molecule has 1 aliphatic heterocycles. The van der Waals surface area contributed by atoms with Crippen molar-refractivity contribution >= 4 is 35.3 Å². The summed E-state index contributed by atoms with van der Waals surface area (Å²) in [6.07, 6.45) is -0.720. The quantitative estimate of drug-likeness (QED) is 0.272. The zero-order valence-electron chi connectivity index (χ0n) is 13.9. The van der Waals surface area contributed by atoms with Crippen molar-refractivity contribution in [2.75, 3.05) is 11.1 Å². The van der Waals surface area contributed by atoms with Gasteiger partial charge in [-0.2, -0.15) is 0 Å². The number of nitrogens with one attached hydrogen (secondary N) is 2. The zero-order chi connectivity index (χ0) is 18.8. The Bertz CT molecular complexity index is 733. The summed E-state index contributed by atoms with van der Waals surface area (Å²) >= 11 is 1.19. The van der Waals surface area contributed by atoms with Gasteiger partial charge in [0.05, 0.1) is 11.3 Å². The molecular formula is C15H19FN4O4S. The molecule has 1 aliphatic rings. The van der Waals surface area contributed by atoms with Gasteiger partial charge in [-0.3, -0.25) is 4.79 Å². The molecule has 5 N–H and O–H groups in total. The largest absolute Gasteiger partial charge is 0.444 e. The second-order valence-corrected chi connectivity index (χ2v) is 7.37. The normalized spacial score (nSPS) is 18.0. The van der Waals surface area contributed by atoms with Crippen molar-refractivity contribution in [1.29, 1.82) is 0 Å². The fourth-order valence-electron chi connectivity index (χ4n) is 2.05. The molecule has 0 aromatic heterocycles. The number of benzene rings is 1. The number of nitrogens with zero attached hydrogens (tertiary/aromatic N) is 1. The molecule has 0 spiro atoms. The molecule has 136 valence electrons. The van der Waals surface area contributed by atoms with Crippen molar-refractivity contribution < 1.29 is 23.9 Å². The lowest BCUT2D eigenvalue weighted by atomic mass is 10.1. The monoisotopic (exact) mass is 370 g/mol. The summed E-state index contributed by atoms with van der Waals surface area (Å²) in [4.78, 5) is 24.6. The van der Waals surface area contributed by atoms with E-state index in [0.717, 1.165) is 0 Å². The van der Waals surface area contributed by atoms with Crippen LogP contribution in [0.2, 0.25) is 0 Å². The lowest BCUT2D eigenvalue weighted by molar-refractivity contribution is -0.117. The van der Waals surface area contributed by atoms with Crippen LogP contribution in [0.4, 0.5) is 14.9 Å². The van der Waals surface area contributed by atoms with Crippen LogP contribution in [0.3, 0.4) is 0 Å². The first kappa shape index (κ1) is 18.8. The maximum absolute atomic E-state index is 14.1. The van der Waals surface area contributed by atoms with E-state index in [4.69, 9.17) is 15.7 Å². The van der Waals surface area contributed by atoms with E-state index in [0.29, 0.717) is 10.6 Å². The van der Waals surface area contributed by atoms with E-state index in [1.807, 2.05) is 0 Å². The fraction of sp³-hybridized carbons (Fsp3) is 0.400. The maximum Gasteiger partial charge on any atom is 0.408 e. The molecule has 1 atom stereocenters. The highest BCUT2D eigenvalue weighted by atomic mass is 32.2. The van der Waals surface area contributed by atoms with Crippen LogP contribution < -0.4 is 16.4 Å². The van der Waals surface area contributed by atoms with Crippen molar-refractivity contribution in [2.24, 2.45) is 10.9 Å². The Morgan fingerprint density at radius 2 is 2.20 bits per heavy atom. The van der Waals surface area contributed by atoms with Crippen LogP contribution in [-0.2, 0) is 9.53 Å². The molecule has 0 bridgehead atoms. The second kappa shape index (κ2) is 7.18. The standard InChI is InChI=1S/C15H19FN4O4S/c1-15(2,3)24-14(22)19-10-6-25-11-5-8(16)7(12(17)20-23)4-9(11)18-13(10)21/h4-5,10,23H,6H2,1-3H3,(H2,17,20)(H,18,21)(H,19,22)/t10-/m0/s1. The van der Waals surface area contributed by atoms with Crippen LogP contribution in [0, 0.1) is 5.82 Å². The number of ether oxygens (including phenoxy) is 1. The average Bonchev–Trinajstić information content (AvgIpc) is 2.63. The van der Waals surface area contributed by atoms with Gasteiger partial charge in [0, 0.05) is 10.6 Å². The first-order chi connectivity index (χ1) is 11.6.